The molecule has 3 aromatic rings. The molecular formula is C21H21BO2. The third-order valence-electron chi connectivity index (χ3n) is 4.24. The summed E-state index contributed by atoms with van der Waals surface area (Å²) in [4.78, 5) is 0. The molecule has 3 heteroatoms. The molecule has 3 aromatic carbocycles. The largest absolute Gasteiger partial charge is 0.352 e. The zero-order chi connectivity index (χ0) is 16.8. The van der Waals surface area contributed by atoms with Gasteiger partial charge in [0.2, 0.25) is 6.71 Å². The normalized spacial score (nSPS) is 10.8. The lowest BCUT2D eigenvalue weighted by molar-refractivity contribution is -0.106. The maximum absolute atomic E-state index is 5.33. The predicted octanol–water partition coefficient (Wildman–Crippen LogP) is 2.49. The van der Waals surface area contributed by atoms with E-state index in [0.29, 0.717) is 0 Å². The minimum absolute atomic E-state index is 0.213. The predicted molar refractivity (Wildman–Crippen MR) is 101 cm³/mol. The fourth-order valence-corrected chi connectivity index (χ4v) is 3.08. The van der Waals surface area contributed by atoms with Gasteiger partial charge in [-0.3, -0.25) is 0 Å². The van der Waals surface area contributed by atoms with Crippen molar-refractivity contribution in [2.75, 3.05) is 14.2 Å². The summed E-state index contributed by atoms with van der Waals surface area (Å²) in [5, 5.41) is 0. The number of hydrogen-bond acceptors (Lipinski definition) is 2. The van der Waals surface area contributed by atoms with Crippen molar-refractivity contribution in [1.82, 2.24) is 0 Å². The van der Waals surface area contributed by atoms with E-state index >= 15 is 0 Å². The van der Waals surface area contributed by atoms with E-state index in [1.165, 1.54) is 16.4 Å². The van der Waals surface area contributed by atoms with E-state index in [2.05, 4.69) is 84.9 Å². The first kappa shape index (κ1) is 16.5. The fraction of sp³-hybridized carbons (Fsp3) is 0.143. The molecule has 0 saturated heterocycles. The smallest absolute Gasteiger partial charge is 0.241 e. The summed E-state index contributed by atoms with van der Waals surface area (Å²) in [7, 11) is 3.30. The average molecular weight is 316 g/mol. The third-order valence-corrected chi connectivity index (χ3v) is 4.24. The van der Waals surface area contributed by atoms with Crippen LogP contribution in [0.3, 0.4) is 0 Å². The molecule has 0 aliphatic carbocycles. The van der Waals surface area contributed by atoms with Gasteiger partial charge in [0, 0.05) is 19.8 Å². The SMILES string of the molecule is COC(OC)c1ccc(B(c2ccccc2)c2ccccc2)cc1. The molecule has 24 heavy (non-hydrogen) atoms. The molecule has 0 aliphatic heterocycles. The Morgan fingerprint density at radius 2 is 1.00 bits per heavy atom. The van der Waals surface area contributed by atoms with Gasteiger partial charge in [-0.1, -0.05) is 101 Å². The monoisotopic (exact) mass is 316 g/mol. The molecule has 0 fully saturated rings. The summed E-state index contributed by atoms with van der Waals surface area (Å²) < 4.78 is 10.7. The molecule has 0 aliphatic rings. The molecule has 0 amide bonds. The first-order chi connectivity index (χ1) is 11.8. The van der Waals surface area contributed by atoms with Crippen LogP contribution >= 0.6 is 0 Å². The Kier molecular flexibility index (Phi) is 5.47. The van der Waals surface area contributed by atoms with Gasteiger partial charge in [-0.25, -0.2) is 0 Å². The molecule has 0 heterocycles. The number of rotatable bonds is 6. The van der Waals surface area contributed by atoms with Crippen LogP contribution in [0.4, 0.5) is 0 Å². The molecule has 0 radical (unpaired) electrons. The quantitative estimate of drug-likeness (QED) is 0.514. The third kappa shape index (κ3) is 3.59. The Balaban J connectivity index is 2.00. The van der Waals surface area contributed by atoms with Crippen molar-refractivity contribution < 1.29 is 9.47 Å². The van der Waals surface area contributed by atoms with E-state index in [-0.39, 0.29) is 13.0 Å². The van der Waals surface area contributed by atoms with E-state index in [1.54, 1.807) is 14.2 Å². The Morgan fingerprint density at radius 3 is 1.42 bits per heavy atom. The zero-order valence-corrected chi connectivity index (χ0v) is 14.1. The highest BCUT2D eigenvalue weighted by molar-refractivity contribution is 6.95. The first-order valence-corrected chi connectivity index (χ1v) is 8.09. The van der Waals surface area contributed by atoms with Crippen molar-refractivity contribution in [3.63, 3.8) is 0 Å². The lowest BCUT2D eigenvalue weighted by Gasteiger charge is -2.18. The Bertz CT molecular complexity index is 698. The summed E-state index contributed by atoms with van der Waals surface area (Å²) >= 11 is 0. The van der Waals surface area contributed by atoms with E-state index in [4.69, 9.17) is 9.47 Å². The lowest BCUT2D eigenvalue weighted by Crippen LogP contribution is -2.51. The molecule has 0 atom stereocenters. The summed E-state index contributed by atoms with van der Waals surface area (Å²) in [6.45, 7) is 0.213. The summed E-state index contributed by atoms with van der Waals surface area (Å²) in [5.74, 6) is 0. The second-order valence-electron chi connectivity index (χ2n) is 5.72. The number of benzene rings is 3. The van der Waals surface area contributed by atoms with Crippen molar-refractivity contribution in [2.24, 2.45) is 0 Å². The van der Waals surface area contributed by atoms with Gasteiger partial charge >= 0.3 is 0 Å². The van der Waals surface area contributed by atoms with Crippen LogP contribution in [0.1, 0.15) is 11.9 Å². The molecule has 0 bridgehead atoms. The van der Waals surface area contributed by atoms with Crippen molar-refractivity contribution in [2.45, 2.75) is 6.29 Å². The van der Waals surface area contributed by atoms with Crippen molar-refractivity contribution in [3.05, 3.63) is 90.5 Å². The van der Waals surface area contributed by atoms with Crippen LogP contribution in [0, 0.1) is 0 Å². The van der Waals surface area contributed by atoms with Gasteiger partial charge in [-0.2, -0.15) is 0 Å². The first-order valence-electron chi connectivity index (χ1n) is 8.09. The molecule has 0 aromatic heterocycles. The maximum atomic E-state index is 5.33. The van der Waals surface area contributed by atoms with E-state index in [0.717, 1.165) is 5.56 Å². The molecule has 0 N–H and O–H groups in total. The van der Waals surface area contributed by atoms with Crippen molar-refractivity contribution in [1.29, 1.82) is 0 Å². The van der Waals surface area contributed by atoms with Gasteiger partial charge in [0.25, 0.3) is 0 Å². The topological polar surface area (TPSA) is 18.5 Å². The minimum atomic E-state index is -0.328. The second kappa shape index (κ2) is 7.96. The van der Waals surface area contributed by atoms with Crippen molar-refractivity contribution >= 4 is 23.1 Å². The molecule has 3 rings (SSSR count). The Hall–Kier alpha value is -2.36. The minimum Gasteiger partial charge on any atom is -0.352 e. The molecular weight excluding hydrogens is 295 g/mol. The van der Waals surface area contributed by atoms with E-state index in [9.17, 15) is 0 Å². The van der Waals surface area contributed by atoms with Crippen LogP contribution in [0.2, 0.25) is 0 Å². The van der Waals surface area contributed by atoms with E-state index < -0.39 is 0 Å². The van der Waals surface area contributed by atoms with Gasteiger partial charge in [0.15, 0.2) is 6.29 Å². The van der Waals surface area contributed by atoms with Crippen molar-refractivity contribution in [3.8, 4) is 0 Å². The molecule has 0 saturated carbocycles. The van der Waals surface area contributed by atoms with Crippen LogP contribution in [0.5, 0.6) is 0 Å². The van der Waals surface area contributed by atoms with Crippen LogP contribution in [0.25, 0.3) is 0 Å². The number of ether oxygens (including phenoxy) is 2. The molecule has 2 nitrogen and oxygen atoms in total. The van der Waals surface area contributed by atoms with Crippen LogP contribution in [-0.2, 0) is 9.47 Å². The lowest BCUT2D eigenvalue weighted by atomic mass is 9.37. The maximum Gasteiger partial charge on any atom is 0.241 e. The summed E-state index contributed by atoms with van der Waals surface area (Å²) in [6.07, 6.45) is -0.328. The van der Waals surface area contributed by atoms with Gasteiger partial charge in [-0.05, 0) is 0 Å². The Labute approximate surface area is 144 Å². The van der Waals surface area contributed by atoms with Gasteiger partial charge in [-0.15, -0.1) is 0 Å². The van der Waals surface area contributed by atoms with E-state index in [1.807, 2.05) is 0 Å². The van der Waals surface area contributed by atoms with Gasteiger partial charge in [0.1, 0.15) is 0 Å². The van der Waals surface area contributed by atoms with Crippen LogP contribution in [0.15, 0.2) is 84.9 Å². The summed E-state index contributed by atoms with van der Waals surface area (Å²) in [6, 6.07) is 29.6. The fourth-order valence-electron chi connectivity index (χ4n) is 3.08. The molecule has 0 spiro atoms. The standard InChI is InChI=1S/C21H21BO2/c1-23-21(24-2)17-13-15-20(16-14-17)22(18-9-5-3-6-10-18)19-11-7-4-8-12-19/h3-16,21H,1-2H3. The highest BCUT2D eigenvalue weighted by Gasteiger charge is 2.21. The highest BCUT2D eigenvalue weighted by Crippen LogP contribution is 2.15. The number of hydrogen-bond donors (Lipinski definition) is 0. The Morgan fingerprint density at radius 1 is 0.583 bits per heavy atom. The summed E-state index contributed by atoms with van der Waals surface area (Å²) in [5.41, 5.74) is 4.84. The molecule has 0 unspecified atom stereocenters. The van der Waals surface area contributed by atoms with Gasteiger partial charge in [0.05, 0.1) is 0 Å². The van der Waals surface area contributed by atoms with Gasteiger partial charge < -0.3 is 9.47 Å². The van der Waals surface area contributed by atoms with Crippen LogP contribution in [-0.4, -0.2) is 20.9 Å². The second-order valence-corrected chi connectivity index (χ2v) is 5.72. The average Bonchev–Trinajstić information content (AvgIpc) is 2.66. The number of methoxy groups -OCH3 is 2. The van der Waals surface area contributed by atoms with Crippen LogP contribution < -0.4 is 16.4 Å². The molecule has 120 valence electrons. The highest BCUT2D eigenvalue weighted by atomic mass is 16.7. The zero-order valence-electron chi connectivity index (χ0n) is 14.1.